The highest BCUT2D eigenvalue weighted by Gasteiger charge is 2.59. The molecule has 82 valence electrons. The zero-order valence-corrected chi connectivity index (χ0v) is 9.06. The fraction of sp³-hybridized carbons (Fsp3) is 0.900. The third kappa shape index (κ3) is 1.67. The summed E-state index contributed by atoms with van der Waals surface area (Å²) in [4.78, 5) is 14.0. The van der Waals surface area contributed by atoms with Gasteiger partial charge in [0.1, 0.15) is 6.10 Å². The van der Waals surface area contributed by atoms with Crippen LogP contribution in [-0.4, -0.2) is 18.6 Å². The second kappa shape index (κ2) is 3.14. The molecule has 0 aromatic heterocycles. The molecule has 0 N–H and O–H groups in total. The quantitative estimate of drug-likeness (QED) is 0.303. The highest BCUT2D eigenvalue weighted by atomic mass is 16.6. The molecular formula is C10H15N3O2. The predicted molar refractivity (Wildman–Crippen MR) is 54.0 cm³/mol. The van der Waals surface area contributed by atoms with E-state index >= 15 is 0 Å². The van der Waals surface area contributed by atoms with Crippen LogP contribution in [0.15, 0.2) is 5.11 Å². The van der Waals surface area contributed by atoms with Crippen molar-refractivity contribution in [1.29, 1.82) is 0 Å². The Morgan fingerprint density at radius 1 is 1.60 bits per heavy atom. The minimum absolute atomic E-state index is 0.0469. The van der Waals surface area contributed by atoms with Gasteiger partial charge in [0, 0.05) is 10.3 Å². The molecule has 0 radical (unpaired) electrons. The smallest absolute Gasteiger partial charge is 0.306 e. The van der Waals surface area contributed by atoms with Crippen molar-refractivity contribution < 1.29 is 9.53 Å². The highest BCUT2D eigenvalue weighted by Crippen LogP contribution is 2.61. The number of azide groups is 1. The first-order valence-corrected chi connectivity index (χ1v) is 5.18. The van der Waals surface area contributed by atoms with Crippen LogP contribution in [-0.2, 0) is 9.53 Å². The number of hydrogen-bond acceptors (Lipinski definition) is 3. The second-order valence-electron chi connectivity index (χ2n) is 5.45. The lowest BCUT2D eigenvalue weighted by atomic mass is 9.52. The molecule has 5 heteroatoms. The summed E-state index contributed by atoms with van der Waals surface area (Å²) in [6, 6.07) is 0. The van der Waals surface area contributed by atoms with Crippen molar-refractivity contribution in [2.24, 2.45) is 15.9 Å². The van der Waals surface area contributed by atoms with Crippen LogP contribution in [0, 0.1) is 10.8 Å². The molecule has 1 heterocycles. The van der Waals surface area contributed by atoms with Crippen molar-refractivity contribution in [1.82, 2.24) is 0 Å². The highest BCUT2D eigenvalue weighted by molar-refractivity contribution is 5.73. The van der Waals surface area contributed by atoms with Gasteiger partial charge in [-0.2, -0.15) is 0 Å². The number of cyclic esters (lactones) is 1. The fourth-order valence-corrected chi connectivity index (χ4v) is 3.28. The van der Waals surface area contributed by atoms with Gasteiger partial charge >= 0.3 is 5.97 Å². The van der Waals surface area contributed by atoms with E-state index in [4.69, 9.17) is 10.3 Å². The van der Waals surface area contributed by atoms with E-state index in [1.54, 1.807) is 0 Å². The first-order valence-electron chi connectivity index (χ1n) is 5.18. The van der Waals surface area contributed by atoms with Crippen molar-refractivity contribution in [3.05, 3.63) is 10.4 Å². The number of carbonyl (C=O) groups excluding carboxylic acids is 1. The molecule has 5 nitrogen and oxygen atoms in total. The molecule has 1 saturated carbocycles. The standard InChI is InChI=1S/C10H15N3O2/c1-9(2)5-10(6-9)3-8(14)15-7(10)4-12-13-11/h7H,3-6H2,1-2H3. The topological polar surface area (TPSA) is 75.1 Å². The summed E-state index contributed by atoms with van der Waals surface area (Å²) in [5, 5.41) is 3.52. The average Bonchev–Trinajstić information content (AvgIpc) is 2.36. The molecule has 0 aromatic rings. The maximum Gasteiger partial charge on any atom is 0.306 e. The summed E-state index contributed by atoms with van der Waals surface area (Å²) in [7, 11) is 0. The molecule has 0 bridgehead atoms. The molecular weight excluding hydrogens is 194 g/mol. The van der Waals surface area contributed by atoms with Crippen molar-refractivity contribution in [2.75, 3.05) is 6.54 Å². The minimum atomic E-state index is -0.200. The molecule has 1 aliphatic carbocycles. The largest absolute Gasteiger partial charge is 0.462 e. The summed E-state index contributed by atoms with van der Waals surface area (Å²) < 4.78 is 5.21. The second-order valence-corrected chi connectivity index (χ2v) is 5.45. The van der Waals surface area contributed by atoms with Gasteiger partial charge in [-0.3, -0.25) is 4.79 Å². The lowest BCUT2D eigenvalue weighted by Gasteiger charge is -2.52. The summed E-state index contributed by atoms with van der Waals surface area (Å²) in [5.74, 6) is -0.149. The summed E-state index contributed by atoms with van der Waals surface area (Å²) >= 11 is 0. The van der Waals surface area contributed by atoms with E-state index in [1.807, 2.05) is 0 Å². The summed E-state index contributed by atoms with van der Waals surface area (Å²) in [5.41, 5.74) is 8.52. The van der Waals surface area contributed by atoms with Gasteiger partial charge in [-0.1, -0.05) is 19.0 Å². The Morgan fingerprint density at radius 3 is 2.80 bits per heavy atom. The number of rotatable bonds is 2. The first-order chi connectivity index (χ1) is 6.97. The molecule has 1 unspecified atom stereocenters. The van der Waals surface area contributed by atoms with Crippen LogP contribution in [0.4, 0.5) is 0 Å². The van der Waals surface area contributed by atoms with Crippen LogP contribution in [0.3, 0.4) is 0 Å². The Bertz CT molecular complexity index is 337. The van der Waals surface area contributed by atoms with Crippen molar-refractivity contribution >= 4 is 5.97 Å². The molecule has 1 spiro atoms. The molecule has 0 amide bonds. The van der Waals surface area contributed by atoms with Gasteiger partial charge in [-0.05, 0) is 23.8 Å². The Morgan fingerprint density at radius 2 is 2.27 bits per heavy atom. The van der Waals surface area contributed by atoms with Crippen LogP contribution in [0.2, 0.25) is 0 Å². The normalized spacial score (nSPS) is 30.5. The van der Waals surface area contributed by atoms with Gasteiger partial charge in [-0.15, -0.1) is 0 Å². The van der Waals surface area contributed by atoms with Gasteiger partial charge in [-0.25, -0.2) is 0 Å². The molecule has 0 aromatic carbocycles. The zero-order valence-electron chi connectivity index (χ0n) is 9.06. The SMILES string of the molecule is CC1(C)CC2(CC(=O)OC2CN=[N+]=[N-])C1. The molecule has 15 heavy (non-hydrogen) atoms. The van der Waals surface area contributed by atoms with E-state index in [1.165, 1.54) is 0 Å². The maximum absolute atomic E-state index is 11.3. The molecule has 2 rings (SSSR count). The van der Waals surface area contributed by atoms with Crippen LogP contribution in [0.5, 0.6) is 0 Å². The lowest BCUT2D eigenvalue weighted by molar-refractivity contribution is -0.142. The Hall–Kier alpha value is -1.22. The van der Waals surface area contributed by atoms with Gasteiger partial charge in [0.2, 0.25) is 0 Å². The van der Waals surface area contributed by atoms with E-state index in [0.29, 0.717) is 11.8 Å². The third-order valence-electron chi connectivity index (χ3n) is 3.43. The molecule has 1 aliphatic heterocycles. The van der Waals surface area contributed by atoms with E-state index in [2.05, 4.69) is 23.9 Å². The number of esters is 1. The predicted octanol–water partition coefficient (Wildman–Crippen LogP) is 2.42. The van der Waals surface area contributed by atoms with E-state index in [0.717, 1.165) is 12.8 Å². The van der Waals surface area contributed by atoms with E-state index in [-0.39, 0.29) is 24.0 Å². The van der Waals surface area contributed by atoms with Crippen LogP contribution in [0.1, 0.15) is 33.1 Å². The molecule has 1 atom stereocenters. The van der Waals surface area contributed by atoms with Gasteiger partial charge in [0.05, 0.1) is 13.0 Å². The number of hydrogen-bond donors (Lipinski definition) is 0. The van der Waals surface area contributed by atoms with Crippen molar-refractivity contribution in [2.45, 2.75) is 39.2 Å². The molecule has 2 fully saturated rings. The van der Waals surface area contributed by atoms with Crippen LogP contribution < -0.4 is 0 Å². The Balaban J connectivity index is 2.10. The van der Waals surface area contributed by atoms with E-state index < -0.39 is 0 Å². The number of ether oxygens (including phenoxy) is 1. The minimum Gasteiger partial charge on any atom is -0.462 e. The first kappa shape index (κ1) is 10.3. The maximum atomic E-state index is 11.3. The van der Waals surface area contributed by atoms with Crippen LogP contribution >= 0.6 is 0 Å². The summed E-state index contributed by atoms with van der Waals surface area (Å²) in [6.45, 7) is 4.65. The van der Waals surface area contributed by atoms with Gasteiger partial charge in [0.15, 0.2) is 0 Å². The Kier molecular flexibility index (Phi) is 2.15. The van der Waals surface area contributed by atoms with Crippen LogP contribution in [0.25, 0.3) is 10.4 Å². The van der Waals surface area contributed by atoms with Gasteiger partial charge < -0.3 is 4.74 Å². The number of carbonyl (C=O) groups is 1. The summed E-state index contributed by atoms with van der Waals surface area (Å²) in [6.07, 6.45) is 2.26. The fourth-order valence-electron chi connectivity index (χ4n) is 3.28. The van der Waals surface area contributed by atoms with Crippen molar-refractivity contribution in [3.8, 4) is 0 Å². The molecule has 2 aliphatic rings. The third-order valence-corrected chi connectivity index (χ3v) is 3.43. The van der Waals surface area contributed by atoms with E-state index in [9.17, 15) is 4.79 Å². The zero-order chi connectivity index (χ0) is 11.1. The van der Waals surface area contributed by atoms with Gasteiger partial charge in [0.25, 0.3) is 0 Å². The van der Waals surface area contributed by atoms with Crippen molar-refractivity contribution in [3.63, 3.8) is 0 Å². The monoisotopic (exact) mass is 209 g/mol. The lowest BCUT2D eigenvalue weighted by Crippen LogP contribution is -2.49. The average molecular weight is 209 g/mol. The molecule has 1 saturated heterocycles. The Labute approximate surface area is 88.4 Å². The number of nitrogens with zero attached hydrogens (tertiary/aromatic N) is 3.